The van der Waals surface area contributed by atoms with Crippen LogP contribution in [0.3, 0.4) is 0 Å². The number of hydrogen-bond donors (Lipinski definition) is 2. The van der Waals surface area contributed by atoms with E-state index in [1.54, 1.807) is 6.92 Å². The van der Waals surface area contributed by atoms with Crippen LogP contribution in [0.1, 0.15) is 13.3 Å². The van der Waals surface area contributed by atoms with Crippen molar-refractivity contribution in [2.45, 2.75) is 13.3 Å². The van der Waals surface area contributed by atoms with E-state index in [-0.39, 0.29) is 19.6 Å². The third kappa shape index (κ3) is 6.30. The number of rotatable bonds is 6. The van der Waals surface area contributed by atoms with E-state index in [1.165, 1.54) is 0 Å². The highest BCUT2D eigenvalue weighted by atomic mass is 16.5. The van der Waals surface area contributed by atoms with Gasteiger partial charge in [0.15, 0.2) is 0 Å². The molecule has 0 fully saturated rings. The summed E-state index contributed by atoms with van der Waals surface area (Å²) in [7, 11) is 0. The van der Waals surface area contributed by atoms with Crippen molar-refractivity contribution >= 4 is 18.0 Å². The Morgan fingerprint density at radius 2 is 1.87 bits per heavy atom. The first-order chi connectivity index (χ1) is 6.97. The Morgan fingerprint density at radius 1 is 1.27 bits per heavy atom. The van der Waals surface area contributed by atoms with Crippen LogP contribution in [0, 0.1) is 0 Å². The summed E-state index contributed by atoms with van der Waals surface area (Å²) in [5.74, 6) is -1.81. The van der Waals surface area contributed by atoms with Crippen molar-refractivity contribution in [3.05, 3.63) is 0 Å². The highest BCUT2D eigenvalue weighted by Crippen LogP contribution is 1.95. The Hall–Kier alpha value is -1.79. The first-order valence-electron chi connectivity index (χ1n) is 4.32. The van der Waals surface area contributed by atoms with Gasteiger partial charge in [0.05, 0.1) is 13.0 Å². The summed E-state index contributed by atoms with van der Waals surface area (Å²) < 4.78 is 4.57. The Labute approximate surface area is 86.2 Å². The molecule has 0 radical (unpaired) electrons. The largest absolute Gasteiger partial charge is 0.480 e. The van der Waals surface area contributed by atoms with Gasteiger partial charge in [-0.1, -0.05) is 0 Å². The van der Waals surface area contributed by atoms with Crippen LogP contribution in [-0.2, 0) is 14.3 Å². The third-order valence-corrected chi connectivity index (χ3v) is 1.49. The van der Waals surface area contributed by atoms with Crippen molar-refractivity contribution in [2.75, 3.05) is 19.7 Å². The maximum atomic E-state index is 10.9. The van der Waals surface area contributed by atoms with Gasteiger partial charge in [0.25, 0.3) is 0 Å². The molecule has 0 saturated carbocycles. The van der Waals surface area contributed by atoms with Crippen molar-refractivity contribution in [2.24, 2.45) is 0 Å². The van der Waals surface area contributed by atoms with E-state index in [0.717, 1.165) is 0 Å². The molecule has 0 aromatic heterocycles. The van der Waals surface area contributed by atoms with Crippen molar-refractivity contribution in [3.8, 4) is 0 Å². The fraction of sp³-hybridized carbons (Fsp3) is 0.625. The molecule has 1 amide bonds. The molecular weight excluding hydrogens is 206 g/mol. The molecular formula is C8H13NO6. The van der Waals surface area contributed by atoms with Crippen molar-refractivity contribution < 1.29 is 29.3 Å². The van der Waals surface area contributed by atoms with Crippen LogP contribution < -0.4 is 0 Å². The van der Waals surface area contributed by atoms with Crippen LogP contribution >= 0.6 is 0 Å². The van der Waals surface area contributed by atoms with E-state index in [2.05, 4.69) is 4.74 Å². The van der Waals surface area contributed by atoms with Crippen molar-refractivity contribution in [3.63, 3.8) is 0 Å². The molecule has 2 N–H and O–H groups in total. The molecule has 0 heterocycles. The van der Waals surface area contributed by atoms with Gasteiger partial charge in [-0.05, 0) is 6.92 Å². The quantitative estimate of drug-likeness (QED) is 0.609. The first-order valence-corrected chi connectivity index (χ1v) is 4.32. The molecule has 0 atom stereocenters. The molecule has 86 valence electrons. The number of carboxylic acids is 1. The number of ether oxygens (including phenoxy) is 1. The van der Waals surface area contributed by atoms with Crippen molar-refractivity contribution in [1.82, 2.24) is 4.90 Å². The van der Waals surface area contributed by atoms with E-state index in [0.29, 0.717) is 4.90 Å². The number of amides is 1. The first kappa shape index (κ1) is 13.2. The number of hydrogen-bond acceptors (Lipinski definition) is 4. The Balaban J connectivity index is 4.01. The number of aliphatic carboxylic acids is 1. The van der Waals surface area contributed by atoms with E-state index < -0.39 is 24.6 Å². The zero-order valence-corrected chi connectivity index (χ0v) is 8.30. The van der Waals surface area contributed by atoms with Crippen LogP contribution in [0.25, 0.3) is 0 Å². The summed E-state index contributed by atoms with van der Waals surface area (Å²) in [6, 6.07) is 0. The SMILES string of the molecule is CCOC(=O)CCN(CC(=O)O)C(=O)O. The molecule has 0 spiro atoms. The molecule has 0 rings (SSSR count). The zero-order valence-electron chi connectivity index (χ0n) is 8.30. The maximum absolute atomic E-state index is 10.9. The summed E-state index contributed by atoms with van der Waals surface area (Å²) in [6.45, 7) is 1.02. The standard InChI is InChI=1S/C8H13NO6/c1-2-15-7(12)3-4-9(8(13)14)5-6(10)11/h2-5H2,1H3,(H,10,11)(H,13,14). The zero-order chi connectivity index (χ0) is 11.8. The summed E-state index contributed by atoms with van der Waals surface area (Å²) in [4.78, 5) is 32.3. The second-order valence-corrected chi connectivity index (χ2v) is 2.65. The van der Waals surface area contributed by atoms with Gasteiger partial charge < -0.3 is 14.9 Å². The van der Waals surface area contributed by atoms with Crippen LogP contribution in [0.2, 0.25) is 0 Å². The van der Waals surface area contributed by atoms with Gasteiger partial charge in [-0.15, -0.1) is 0 Å². The highest BCUT2D eigenvalue weighted by molar-refractivity contribution is 5.76. The molecule has 0 aliphatic rings. The molecule has 0 aliphatic heterocycles. The lowest BCUT2D eigenvalue weighted by Gasteiger charge is -2.15. The lowest BCUT2D eigenvalue weighted by Crippen LogP contribution is -2.36. The van der Waals surface area contributed by atoms with Crippen molar-refractivity contribution in [1.29, 1.82) is 0 Å². The average Bonchev–Trinajstić information content (AvgIpc) is 2.11. The second kappa shape index (κ2) is 6.63. The fourth-order valence-corrected chi connectivity index (χ4v) is 0.865. The van der Waals surface area contributed by atoms with Gasteiger partial charge in [0.1, 0.15) is 6.54 Å². The average molecular weight is 219 g/mol. The van der Waals surface area contributed by atoms with Gasteiger partial charge in [-0.2, -0.15) is 0 Å². The molecule has 0 bridgehead atoms. The molecule has 0 aromatic rings. The third-order valence-electron chi connectivity index (χ3n) is 1.49. The molecule has 0 aliphatic carbocycles. The van der Waals surface area contributed by atoms with E-state index in [1.807, 2.05) is 0 Å². The van der Waals surface area contributed by atoms with E-state index >= 15 is 0 Å². The smallest absolute Gasteiger partial charge is 0.407 e. The van der Waals surface area contributed by atoms with Crippen LogP contribution in [0.15, 0.2) is 0 Å². The molecule has 15 heavy (non-hydrogen) atoms. The molecule has 0 unspecified atom stereocenters. The topological polar surface area (TPSA) is 104 Å². The lowest BCUT2D eigenvalue weighted by molar-refractivity contribution is -0.144. The monoisotopic (exact) mass is 219 g/mol. The van der Waals surface area contributed by atoms with Crippen LogP contribution in [0.4, 0.5) is 4.79 Å². The van der Waals surface area contributed by atoms with E-state index in [9.17, 15) is 14.4 Å². The molecule has 0 saturated heterocycles. The normalized spacial score (nSPS) is 9.40. The van der Waals surface area contributed by atoms with Crippen LogP contribution in [-0.4, -0.2) is 52.8 Å². The Morgan fingerprint density at radius 3 is 2.27 bits per heavy atom. The Bertz CT molecular complexity index is 252. The molecule has 0 aromatic carbocycles. The summed E-state index contributed by atoms with van der Waals surface area (Å²) in [6.07, 6.45) is -1.52. The van der Waals surface area contributed by atoms with Gasteiger partial charge in [0.2, 0.25) is 0 Å². The second-order valence-electron chi connectivity index (χ2n) is 2.65. The number of carbonyl (C=O) groups is 3. The number of carboxylic acid groups (broad SMARTS) is 2. The fourth-order valence-electron chi connectivity index (χ4n) is 0.865. The number of nitrogens with zero attached hydrogens (tertiary/aromatic N) is 1. The summed E-state index contributed by atoms with van der Waals surface area (Å²) in [5, 5.41) is 17.0. The lowest BCUT2D eigenvalue weighted by atomic mass is 10.4. The van der Waals surface area contributed by atoms with E-state index in [4.69, 9.17) is 10.2 Å². The number of carbonyl (C=O) groups excluding carboxylic acids is 1. The van der Waals surface area contributed by atoms with Gasteiger partial charge in [0, 0.05) is 6.54 Å². The van der Waals surface area contributed by atoms with Gasteiger partial charge >= 0.3 is 18.0 Å². The minimum Gasteiger partial charge on any atom is -0.480 e. The minimum absolute atomic E-state index is 0.145. The minimum atomic E-state index is -1.37. The maximum Gasteiger partial charge on any atom is 0.407 e. The van der Waals surface area contributed by atoms with Crippen LogP contribution in [0.5, 0.6) is 0 Å². The molecule has 7 heteroatoms. The highest BCUT2D eigenvalue weighted by Gasteiger charge is 2.16. The summed E-state index contributed by atoms with van der Waals surface area (Å²) in [5.41, 5.74) is 0. The summed E-state index contributed by atoms with van der Waals surface area (Å²) >= 11 is 0. The predicted octanol–water partition coefficient (Wildman–Crippen LogP) is 0.00420. The Kier molecular flexibility index (Phi) is 5.84. The van der Waals surface area contributed by atoms with Gasteiger partial charge in [-0.25, -0.2) is 4.79 Å². The number of esters is 1. The molecule has 7 nitrogen and oxygen atoms in total. The predicted molar refractivity (Wildman–Crippen MR) is 48.5 cm³/mol. The van der Waals surface area contributed by atoms with Gasteiger partial charge in [-0.3, -0.25) is 14.5 Å².